The van der Waals surface area contributed by atoms with Gasteiger partial charge in [-0.3, -0.25) is 9.69 Å². The second kappa shape index (κ2) is 10.0. The monoisotopic (exact) mass is 445 g/mol. The second-order valence-corrected chi connectivity index (χ2v) is 8.84. The van der Waals surface area contributed by atoms with E-state index in [1.165, 1.54) is 30.5 Å². The van der Waals surface area contributed by atoms with Crippen molar-refractivity contribution in [1.29, 1.82) is 0 Å². The average molecular weight is 446 g/mol. The summed E-state index contributed by atoms with van der Waals surface area (Å²) >= 11 is 0. The smallest absolute Gasteiger partial charge is 0.336 e. The fourth-order valence-electron chi connectivity index (χ4n) is 4.74. The third-order valence-electron chi connectivity index (χ3n) is 6.44. The maximum Gasteiger partial charge on any atom is 0.416 e. The fraction of sp³-hybridized carbons (Fsp3) is 0.480. The number of amides is 1. The Morgan fingerprint density at radius 2 is 1.53 bits per heavy atom. The molecule has 2 heterocycles. The molecule has 32 heavy (non-hydrogen) atoms. The van der Waals surface area contributed by atoms with Gasteiger partial charge in [0.1, 0.15) is 0 Å². The highest BCUT2D eigenvalue weighted by Gasteiger charge is 2.33. The molecule has 4 nitrogen and oxygen atoms in total. The van der Waals surface area contributed by atoms with Crippen LogP contribution in [0, 0.1) is 0 Å². The van der Waals surface area contributed by atoms with Crippen LogP contribution in [0.3, 0.4) is 0 Å². The largest absolute Gasteiger partial charge is 0.416 e. The molecule has 2 aliphatic heterocycles. The lowest BCUT2D eigenvalue weighted by Crippen LogP contribution is -2.58. The molecule has 0 bridgehead atoms. The highest BCUT2D eigenvalue weighted by Crippen LogP contribution is 2.29. The summed E-state index contributed by atoms with van der Waals surface area (Å²) in [6.07, 6.45) is -1.84. The zero-order chi connectivity index (χ0) is 22.6. The Hall–Kier alpha value is -2.38. The lowest BCUT2D eigenvalue weighted by molar-refractivity contribution is -0.137. The van der Waals surface area contributed by atoms with Crippen LogP contribution < -0.4 is 0 Å². The van der Waals surface area contributed by atoms with Gasteiger partial charge in [-0.05, 0) is 49.2 Å². The normalized spacial score (nSPS) is 20.6. The van der Waals surface area contributed by atoms with E-state index in [2.05, 4.69) is 21.9 Å². The minimum absolute atomic E-state index is 0.00619. The summed E-state index contributed by atoms with van der Waals surface area (Å²) in [5.74, 6) is -0.00619. The Bertz CT molecular complexity index is 880. The predicted molar refractivity (Wildman–Crippen MR) is 118 cm³/mol. The van der Waals surface area contributed by atoms with Crippen molar-refractivity contribution in [2.45, 2.75) is 38.0 Å². The van der Waals surface area contributed by atoms with Gasteiger partial charge in [0, 0.05) is 32.7 Å². The summed E-state index contributed by atoms with van der Waals surface area (Å²) < 4.78 is 38.5. The van der Waals surface area contributed by atoms with Gasteiger partial charge in [-0.25, -0.2) is 0 Å². The quantitative estimate of drug-likeness (QED) is 0.671. The summed E-state index contributed by atoms with van der Waals surface area (Å²) in [5.41, 5.74) is 1.20. The predicted octanol–water partition coefficient (Wildman–Crippen LogP) is 4.06. The number of halogens is 3. The van der Waals surface area contributed by atoms with E-state index in [0.717, 1.165) is 51.4 Å². The van der Waals surface area contributed by atoms with Crippen molar-refractivity contribution in [3.8, 4) is 0 Å². The van der Waals surface area contributed by atoms with Crippen LogP contribution in [0.4, 0.5) is 13.2 Å². The molecule has 1 amide bonds. The number of hydrogen-bond donors (Lipinski definition) is 0. The van der Waals surface area contributed by atoms with Crippen LogP contribution in [0.15, 0.2) is 54.6 Å². The summed E-state index contributed by atoms with van der Waals surface area (Å²) in [6, 6.07) is 15.4. The Morgan fingerprint density at radius 1 is 0.844 bits per heavy atom. The molecule has 7 heteroatoms. The number of rotatable bonds is 6. The van der Waals surface area contributed by atoms with Gasteiger partial charge in [-0.15, -0.1) is 0 Å². The molecule has 0 radical (unpaired) electrons. The first-order valence-corrected chi connectivity index (χ1v) is 11.3. The lowest BCUT2D eigenvalue weighted by Gasteiger charge is -2.43. The van der Waals surface area contributed by atoms with Crippen molar-refractivity contribution in [1.82, 2.24) is 14.7 Å². The first-order valence-electron chi connectivity index (χ1n) is 11.3. The second-order valence-electron chi connectivity index (χ2n) is 8.84. The van der Waals surface area contributed by atoms with E-state index < -0.39 is 11.7 Å². The molecule has 2 aliphatic rings. The Morgan fingerprint density at radius 3 is 2.19 bits per heavy atom. The summed E-state index contributed by atoms with van der Waals surface area (Å²) in [6.45, 7) is 6.09. The Balaban J connectivity index is 1.42. The number of alkyl halides is 3. The molecule has 0 aromatic heterocycles. The van der Waals surface area contributed by atoms with Gasteiger partial charge in [0.15, 0.2) is 0 Å². The van der Waals surface area contributed by atoms with Crippen molar-refractivity contribution >= 4 is 5.91 Å². The number of hydrogen-bond acceptors (Lipinski definition) is 3. The molecule has 2 aromatic carbocycles. The van der Waals surface area contributed by atoms with Crippen molar-refractivity contribution < 1.29 is 18.0 Å². The topological polar surface area (TPSA) is 26.8 Å². The number of benzene rings is 2. The van der Waals surface area contributed by atoms with Gasteiger partial charge in [-0.2, -0.15) is 13.2 Å². The van der Waals surface area contributed by atoms with Crippen molar-refractivity contribution in [2.24, 2.45) is 0 Å². The zero-order valence-corrected chi connectivity index (χ0v) is 18.2. The van der Waals surface area contributed by atoms with Crippen LogP contribution in [0.2, 0.25) is 0 Å². The molecular weight excluding hydrogens is 415 g/mol. The molecule has 4 rings (SSSR count). The van der Waals surface area contributed by atoms with Gasteiger partial charge in [0.25, 0.3) is 0 Å². The third-order valence-corrected chi connectivity index (χ3v) is 6.44. The standard InChI is InChI=1S/C25H30F3N3O/c26-25(27,28)22-10-8-20(9-11-22)16-24(32)31-15-14-30(17-21-6-2-1-3-7-21)19-23(31)18-29-12-4-5-13-29/h1-3,6-11,23H,4-5,12-19H2. The van der Waals surface area contributed by atoms with Gasteiger partial charge in [-0.1, -0.05) is 42.5 Å². The molecule has 1 atom stereocenters. The minimum atomic E-state index is -4.36. The summed E-state index contributed by atoms with van der Waals surface area (Å²) in [4.78, 5) is 19.9. The molecule has 2 aromatic rings. The Kier molecular flexibility index (Phi) is 7.16. The molecule has 0 saturated carbocycles. The molecule has 2 fully saturated rings. The van der Waals surface area contributed by atoms with Gasteiger partial charge in [0.2, 0.25) is 5.91 Å². The summed E-state index contributed by atoms with van der Waals surface area (Å²) in [7, 11) is 0. The van der Waals surface area contributed by atoms with Crippen LogP contribution in [0.25, 0.3) is 0 Å². The van der Waals surface area contributed by atoms with E-state index in [1.807, 2.05) is 23.1 Å². The van der Waals surface area contributed by atoms with E-state index in [-0.39, 0.29) is 18.4 Å². The summed E-state index contributed by atoms with van der Waals surface area (Å²) in [5, 5.41) is 0. The average Bonchev–Trinajstić information content (AvgIpc) is 3.27. The van der Waals surface area contributed by atoms with E-state index in [4.69, 9.17) is 0 Å². The molecule has 0 aliphatic carbocycles. The SMILES string of the molecule is O=C(Cc1ccc(C(F)(F)F)cc1)N1CCN(Cc2ccccc2)CC1CN1CCCC1. The van der Waals surface area contributed by atoms with Crippen LogP contribution in [0.5, 0.6) is 0 Å². The van der Waals surface area contributed by atoms with Crippen molar-refractivity contribution in [3.05, 3.63) is 71.3 Å². The minimum Gasteiger partial charge on any atom is -0.336 e. The molecule has 172 valence electrons. The van der Waals surface area contributed by atoms with Gasteiger partial charge < -0.3 is 9.80 Å². The highest BCUT2D eigenvalue weighted by molar-refractivity contribution is 5.79. The van der Waals surface area contributed by atoms with Crippen LogP contribution in [-0.4, -0.2) is 65.9 Å². The first-order chi connectivity index (χ1) is 15.4. The number of likely N-dealkylation sites (tertiary alicyclic amines) is 1. The number of carbonyl (C=O) groups excluding carboxylic acids is 1. The number of nitrogens with zero attached hydrogens (tertiary/aromatic N) is 3. The number of carbonyl (C=O) groups is 1. The molecule has 1 unspecified atom stereocenters. The maximum atomic E-state index is 13.2. The van der Waals surface area contributed by atoms with E-state index in [0.29, 0.717) is 12.1 Å². The van der Waals surface area contributed by atoms with Gasteiger partial charge in [0.05, 0.1) is 18.0 Å². The van der Waals surface area contributed by atoms with E-state index in [1.54, 1.807) is 0 Å². The van der Waals surface area contributed by atoms with E-state index >= 15 is 0 Å². The molecular formula is C25H30F3N3O. The third kappa shape index (κ3) is 5.90. The molecule has 2 saturated heterocycles. The zero-order valence-electron chi connectivity index (χ0n) is 18.2. The number of piperazine rings is 1. The van der Waals surface area contributed by atoms with Gasteiger partial charge >= 0.3 is 6.18 Å². The van der Waals surface area contributed by atoms with Crippen LogP contribution in [-0.2, 0) is 23.9 Å². The molecule has 0 spiro atoms. The van der Waals surface area contributed by atoms with Crippen LogP contribution in [0.1, 0.15) is 29.5 Å². The Labute approximate surface area is 187 Å². The fourth-order valence-corrected chi connectivity index (χ4v) is 4.74. The molecule has 0 N–H and O–H groups in total. The first kappa shape index (κ1) is 22.8. The van der Waals surface area contributed by atoms with E-state index in [9.17, 15) is 18.0 Å². The van der Waals surface area contributed by atoms with Crippen LogP contribution >= 0.6 is 0 Å². The van der Waals surface area contributed by atoms with Crippen molar-refractivity contribution in [3.63, 3.8) is 0 Å². The maximum absolute atomic E-state index is 13.2. The highest BCUT2D eigenvalue weighted by atomic mass is 19.4. The van der Waals surface area contributed by atoms with Crippen molar-refractivity contribution in [2.75, 3.05) is 39.3 Å². The lowest BCUT2D eigenvalue weighted by atomic mass is 10.1.